The van der Waals surface area contributed by atoms with Crippen molar-refractivity contribution < 1.29 is 36.7 Å². The Balaban J connectivity index is 0.000000542. The van der Waals surface area contributed by atoms with Gasteiger partial charge in [-0.1, -0.05) is 12.1 Å². The van der Waals surface area contributed by atoms with Gasteiger partial charge in [0, 0.05) is 41.9 Å². The highest BCUT2D eigenvalue weighted by Gasteiger charge is 2.32. The van der Waals surface area contributed by atoms with Crippen molar-refractivity contribution in [2.24, 2.45) is 0 Å². The van der Waals surface area contributed by atoms with Gasteiger partial charge < -0.3 is 15.7 Å². The molecule has 0 bridgehead atoms. The van der Waals surface area contributed by atoms with E-state index in [1.54, 1.807) is 56.7 Å². The number of anilines is 2. The normalized spacial score (nSPS) is 11.6. The third-order valence-electron chi connectivity index (χ3n) is 6.56. The summed E-state index contributed by atoms with van der Waals surface area (Å²) in [5, 5.41) is 24.3. The lowest BCUT2D eigenvalue weighted by atomic mass is 9.94. The molecule has 0 saturated carbocycles. The number of benzene rings is 2. The molecule has 0 spiro atoms. The molecular weight excluding hydrogens is 648 g/mol. The SMILES string of the molecule is CCOP(=O)(C#N)OCC.Cc1ccc(C(=O)NCc2cc(C(C)(C)O)cc(C(F)(F)F)c2)cc1Nc1nccc(-c2cccnc2)n1. The highest BCUT2D eigenvalue weighted by atomic mass is 31.2. The Hall–Kier alpha value is -4.67. The summed E-state index contributed by atoms with van der Waals surface area (Å²) in [6.07, 6.45) is 0.384. The van der Waals surface area contributed by atoms with Crippen LogP contribution in [0.2, 0.25) is 0 Å². The minimum Gasteiger partial charge on any atom is -0.386 e. The number of carbonyl (C=O) groups excluding carboxylic acids is 1. The van der Waals surface area contributed by atoms with Crippen LogP contribution in [0.15, 0.2) is 73.2 Å². The smallest absolute Gasteiger partial charge is 0.386 e. The minimum atomic E-state index is -4.59. The zero-order valence-corrected chi connectivity index (χ0v) is 27.9. The average molecular weight is 685 g/mol. The molecule has 0 aliphatic carbocycles. The summed E-state index contributed by atoms with van der Waals surface area (Å²) in [4.78, 5) is 25.8. The zero-order chi connectivity index (χ0) is 35.5. The molecule has 4 aromatic rings. The molecule has 254 valence electrons. The van der Waals surface area contributed by atoms with Gasteiger partial charge in [0.05, 0.1) is 30.1 Å². The van der Waals surface area contributed by atoms with E-state index in [0.29, 0.717) is 22.9 Å². The van der Waals surface area contributed by atoms with E-state index in [4.69, 9.17) is 5.26 Å². The summed E-state index contributed by atoms with van der Waals surface area (Å²) in [6, 6.07) is 13.8. The lowest BCUT2D eigenvalue weighted by Crippen LogP contribution is -2.24. The molecule has 3 N–H and O–H groups in total. The Labute approximate surface area is 276 Å². The Morgan fingerprint density at radius 1 is 1.02 bits per heavy atom. The van der Waals surface area contributed by atoms with Gasteiger partial charge in [-0.25, -0.2) is 14.5 Å². The van der Waals surface area contributed by atoms with E-state index in [1.807, 2.05) is 19.1 Å². The van der Waals surface area contributed by atoms with Crippen LogP contribution in [0.5, 0.6) is 0 Å². The topological polar surface area (TPSA) is 159 Å². The Kier molecular flexibility index (Phi) is 12.9. The van der Waals surface area contributed by atoms with Gasteiger partial charge in [-0.3, -0.25) is 18.8 Å². The fraction of sp³-hybridized carbons (Fsp3) is 0.303. The molecule has 0 radical (unpaired) electrons. The van der Waals surface area contributed by atoms with Crippen molar-refractivity contribution in [3.8, 4) is 17.1 Å². The van der Waals surface area contributed by atoms with Crippen molar-refractivity contribution in [3.05, 3.63) is 101 Å². The van der Waals surface area contributed by atoms with Crippen molar-refractivity contribution in [1.82, 2.24) is 20.3 Å². The molecule has 1 amide bonds. The van der Waals surface area contributed by atoms with E-state index in [9.17, 15) is 27.6 Å². The van der Waals surface area contributed by atoms with Crippen molar-refractivity contribution in [3.63, 3.8) is 0 Å². The molecule has 2 aromatic heterocycles. The number of nitrogens with zero attached hydrogens (tertiary/aromatic N) is 4. The summed E-state index contributed by atoms with van der Waals surface area (Å²) in [6.45, 7) is 8.28. The van der Waals surface area contributed by atoms with E-state index in [-0.39, 0.29) is 30.9 Å². The van der Waals surface area contributed by atoms with Crippen molar-refractivity contribution in [2.75, 3.05) is 18.5 Å². The molecule has 0 fully saturated rings. The maximum Gasteiger partial charge on any atom is 0.431 e. The van der Waals surface area contributed by atoms with Gasteiger partial charge in [-0.15, -0.1) is 0 Å². The van der Waals surface area contributed by atoms with E-state index in [2.05, 4.69) is 34.6 Å². The first-order valence-corrected chi connectivity index (χ1v) is 16.3. The third kappa shape index (κ3) is 11.0. The lowest BCUT2D eigenvalue weighted by molar-refractivity contribution is -0.137. The monoisotopic (exact) mass is 684 g/mol. The zero-order valence-electron chi connectivity index (χ0n) is 27.0. The molecule has 11 nitrogen and oxygen atoms in total. The van der Waals surface area contributed by atoms with Gasteiger partial charge in [0.2, 0.25) is 5.95 Å². The van der Waals surface area contributed by atoms with Gasteiger partial charge in [0.25, 0.3) is 5.91 Å². The molecule has 4 rings (SSSR count). The predicted molar refractivity (Wildman–Crippen MR) is 174 cm³/mol. The molecule has 0 saturated heterocycles. The number of alkyl halides is 3. The van der Waals surface area contributed by atoms with Crippen LogP contribution in [0.1, 0.15) is 60.3 Å². The summed E-state index contributed by atoms with van der Waals surface area (Å²) in [5.74, 6) is 1.35. The summed E-state index contributed by atoms with van der Waals surface area (Å²) < 4.78 is 60.3. The van der Waals surface area contributed by atoms with E-state index >= 15 is 0 Å². The van der Waals surface area contributed by atoms with E-state index < -0.39 is 30.8 Å². The molecule has 15 heteroatoms. The molecule has 0 atom stereocenters. The van der Waals surface area contributed by atoms with Crippen LogP contribution in [0.25, 0.3) is 11.3 Å². The number of nitrogens with one attached hydrogen (secondary N) is 2. The van der Waals surface area contributed by atoms with Crippen LogP contribution in [0, 0.1) is 18.0 Å². The summed E-state index contributed by atoms with van der Waals surface area (Å²) >= 11 is 0. The number of halogens is 3. The van der Waals surface area contributed by atoms with Crippen LogP contribution in [0.3, 0.4) is 0 Å². The van der Waals surface area contributed by atoms with Gasteiger partial charge in [0.1, 0.15) is 0 Å². The third-order valence-corrected chi connectivity index (χ3v) is 8.00. The number of nitriles is 1. The Morgan fingerprint density at radius 2 is 1.71 bits per heavy atom. The van der Waals surface area contributed by atoms with E-state index in [1.165, 1.54) is 25.7 Å². The molecule has 48 heavy (non-hydrogen) atoms. The second kappa shape index (κ2) is 16.4. The van der Waals surface area contributed by atoms with Gasteiger partial charge >= 0.3 is 13.8 Å². The number of hydrogen-bond donors (Lipinski definition) is 3. The first-order chi connectivity index (χ1) is 22.6. The number of carbonyl (C=O) groups is 1. The van der Waals surface area contributed by atoms with Crippen LogP contribution in [-0.4, -0.2) is 39.2 Å². The summed E-state index contributed by atoms with van der Waals surface area (Å²) in [5.41, 5.74) is 1.19. The number of hydrogen-bond acceptors (Lipinski definition) is 10. The molecule has 0 aliphatic rings. The van der Waals surface area contributed by atoms with Gasteiger partial charge in [0.15, 0.2) is 5.81 Å². The van der Waals surface area contributed by atoms with Crippen molar-refractivity contribution in [2.45, 2.75) is 52.9 Å². The predicted octanol–water partition coefficient (Wildman–Crippen LogP) is 7.50. The fourth-order valence-corrected chi connectivity index (χ4v) is 5.01. The van der Waals surface area contributed by atoms with Crippen LogP contribution >= 0.6 is 7.60 Å². The fourth-order valence-electron chi connectivity index (χ4n) is 4.14. The largest absolute Gasteiger partial charge is 0.431 e. The van der Waals surface area contributed by atoms with Gasteiger partial charge in [-0.05, 0) is 93.8 Å². The Morgan fingerprint density at radius 3 is 2.29 bits per heavy atom. The van der Waals surface area contributed by atoms with Crippen LogP contribution < -0.4 is 10.6 Å². The first kappa shape index (κ1) is 37.8. The van der Waals surface area contributed by atoms with Crippen molar-refractivity contribution >= 4 is 25.1 Å². The van der Waals surface area contributed by atoms with Crippen LogP contribution in [-0.2, 0) is 31.9 Å². The summed E-state index contributed by atoms with van der Waals surface area (Å²) in [7, 11) is -3.39. The number of rotatable bonds is 11. The van der Waals surface area contributed by atoms with E-state index in [0.717, 1.165) is 23.3 Å². The molecule has 2 heterocycles. The van der Waals surface area contributed by atoms with Gasteiger partial charge in [-0.2, -0.15) is 18.4 Å². The molecule has 2 aromatic carbocycles. The molecule has 0 unspecified atom stereocenters. The maximum absolute atomic E-state index is 13.4. The second-order valence-corrected chi connectivity index (χ2v) is 12.5. The standard InChI is InChI=1S/C28H26F3N5O2.C5H10NO3P/c1-17-6-7-19(13-24(17)36-26-33-10-8-23(35-26)20-5-4-9-32-16-20)25(37)34-15-18-11-21(27(2,3)38)14-22(12-18)28(29,30)31;1-3-8-10(7,5-6)9-4-2/h4-14,16,38H,15H2,1-3H3,(H,34,37)(H,33,35,36);3-4H2,1-2H3. The highest BCUT2D eigenvalue weighted by Crippen LogP contribution is 2.46. The number of pyridine rings is 1. The minimum absolute atomic E-state index is 0.104. The highest BCUT2D eigenvalue weighted by molar-refractivity contribution is 7.59. The lowest BCUT2D eigenvalue weighted by Gasteiger charge is -2.21. The van der Waals surface area contributed by atoms with Crippen molar-refractivity contribution in [1.29, 1.82) is 5.26 Å². The Bertz CT molecular complexity index is 1750. The first-order valence-electron chi connectivity index (χ1n) is 14.7. The number of aromatic nitrogens is 3. The van der Waals surface area contributed by atoms with Crippen LogP contribution in [0.4, 0.5) is 24.8 Å². The number of aryl methyl sites for hydroxylation is 1. The second-order valence-electron chi connectivity index (χ2n) is 10.8. The maximum atomic E-state index is 13.4. The number of amides is 1. The molecule has 0 aliphatic heterocycles. The number of aliphatic hydroxyl groups is 1. The molecular formula is C33H36F3N6O5P. The average Bonchev–Trinajstić information content (AvgIpc) is 3.05. The quantitative estimate of drug-likeness (QED) is 0.135.